The number of benzene rings is 2. The Morgan fingerprint density at radius 1 is 1.11 bits per heavy atom. The van der Waals surface area contributed by atoms with Gasteiger partial charge in [-0.2, -0.15) is 0 Å². The summed E-state index contributed by atoms with van der Waals surface area (Å²) < 4.78 is 18.3. The molecule has 2 N–H and O–H groups in total. The van der Waals surface area contributed by atoms with Gasteiger partial charge in [-0.3, -0.25) is 4.99 Å². The highest BCUT2D eigenvalue weighted by molar-refractivity contribution is 14.0. The molecule has 0 radical (unpaired) electrons. The van der Waals surface area contributed by atoms with Gasteiger partial charge in [-0.1, -0.05) is 30.3 Å². The third-order valence-electron chi connectivity index (χ3n) is 4.01. The fourth-order valence-corrected chi connectivity index (χ4v) is 2.59. The molecule has 7 heteroatoms. The highest BCUT2D eigenvalue weighted by Crippen LogP contribution is 2.16. The quantitative estimate of drug-likeness (QED) is 0.342. The Morgan fingerprint density at radius 2 is 1.81 bits per heavy atom. The van der Waals surface area contributed by atoms with Crippen LogP contribution in [0.3, 0.4) is 0 Å². The summed E-state index contributed by atoms with van der Waals surface area (Å²) in [7, 11) is 5.46. The molecule has 0 amide bonds. The van der Waals surface area contributed by atoms with E-state index in [2.05, 4.69) is 20.5 Å². The second kappa shape index (κ2) is 12.5. The fraction of sp³-hybridized carbons (Fsp3) is 0.350. The molecule has 0 fully saturated rings. The summed E-state index contributed by atoms with van der Waals surface area (Å²) in [6, 6.07) is 14.5. The van der Waals surface area contributed by atoms with Crippen molar-refractivity contribution in [2.45, 2.75) is 13.1 Å². The second-order valence-electron chi connectivity index (χ2n) is 6.03. The number of nitrogens with zero attached hydrogens (tertiary/aromatic N) is 2. The molecule has 148 valence electrons. The first-order valence-electron chi connectivity index (χ1n) is 8.61. The van der Waals surface area contributed by atoms with Crippen molar-refractivity contribution in [2.75, 3.05) is 34.3 Å². The number of ether oxygens (including phenoxy) is 1. The summed E-state index contributed by atoms with van der Waals surface area (Å²) in [5.41, 5.74) is 2.17. The van der Waals surface area contributed by atoms with E-state index in [1.54, 1.807) is 14.2 Å². The van der Waals surface area contributed by atoms with Crippen molar-refractivity contribution in [3.8, 4) is 5.75 Å². The molecule has 0 saturated heterocycles. The molecule has 5 nitrogen and oxygen atoms in total. The average molecular weight is 486 g/mol. The summed E-state index contributed by atoms with van der Waals surface area (Å²) in [6.45, 7) is 3.00. The Bertz CT molecular complexity index is 709. The normalized spacial score (nSPS) is 11.1. The lowest BCUT2D eigenvalue weighted by atomic mass is 10.2. The minimum Gasteiger partial charge on any atom is -0.496 e. The number of hydrogen-bond donors (Lipinski definition) is 2. The van der Waals surface area contributed by atoms with Gasteiger partial charge in [0.25, 0.3) is 0 Å². The van der Waals surface area contributed by atoms with Gasteiger partial charge < -0.3 is 20.3 Å². The molecule has 27 heavy (non-hydrogen) atoms. The number of halogens is 2. The van der Waals surface area contributed by atoms with Crippen molar-refractivity contribution in [1.29, 1.82) is 0 Å². The van der Waals surface area contributed by atoms with Crippen LogP contribution in [-0.4, -0.2) is 45.2 Å². The van der Waals surface area contributed by atoms with Crippen molar-refractivity contribution in [3.05, 3.63) is 65.5 Å². The van der Waals surface area contributed by atoms with Gasteiger partial charge >= 0.3 is 0 Å². The van der Waals surface area contributed by atoms with Crippen LogP contribution in [0.4, 0.5) is 4.39 Å². The standard InChI is InChI=1S/C20H27FN4O.HI/c1-22-20(24-14-17-6-4-5-7-19(17)26-3)23-12-13-25(2)15-16-8-10-18(21)11-9-16;/h4-11H,12-15H2,1-3H3,(H2,22,23,24);1H. The first kappa shape index (κ1) is 23.2. The van der Waals surface area contributed by atoms with Crippen molar-refractivity contribution < 1.29 is 9.13 Å². The summed E-state index contributed by atoms with van der Waals surface area (Å²) in [5, 5.41) is 6.59. The first-order valence-corrected chi connectivity index (χ1v) is 8.61. The number of methoxy groups -OCH3 is 1. The van der Waals surface area contributed by atoms with E-state index in [0.29, 0.717) is 6.54 Å². The van der Waals surface area contributed by atoms with E-state index < -0.39 is 0 Å². The molecular weight excluding hydrogens is 458 g/mol. The van der Waals surface area contributed by atoms with Crippen LogP contribution in [0.2, 0.25) is 0 Å². The van der Waals surface area contributed by atoms with E-state index in [1.807, 2.05) is 43.4 Å². The lowest BCUT2D eigenvalue weighted by Gasteiger charge is -2.18. The molecule has 0 bridgehead atoms. The fourth-order valence-electron chi connectivity index (χ4n) is 2.59. The Morgan fingerprint density at radius 3 is 2.48 bits per heavy atom. The molecule has 0 atom stereocenters. The van der Waals surface area contributed by atoms with Crippen LogP contribution in [0.1, 0.15) is 11.1 Å². The van der Waals surface area contributed by atoms with Crippen LogP contribution in [0.15, 0.2) is 53.5 Å². The van der Waals surface area contributed by atoms with Crippen LogP contribution in [0, 0.1) is 5.82 Å². The number of guanidine groups is 1. The van der Waals surface area contributed by atoms with Crippen molar-refractivity contribution in [3.63, 3.8) is 0 Å². The van der Waals surface area contributed by atoms with E-state index in [9.17, 15) is 4.39 Å². The van der Waals surface area contributed by atoms with Crippen LogP contribution in [0.5, 0.6) is 5.75 Å². The number of para-hydroxylation sites is 1. The van der Waals surface area contributed by atoms with Crippen molar-refractivity contribution >= 4 is 29.9 Å². The highest BCUT2D eigenvalue weighted by Gasteiger charge is 2.04. The maximum Gasteiger partial charge on any atom is 0.191 e. The third-order valence-corrected chi connectivity index (χ3v) is 4.01. The molecule has 2 aromatic rings. The van der Waals surface area contributed by atoms with Gasteiger partial charge in [-0.15, -0.1) is 24.0 Å². The van der Waals surface area contributed by atoms with Gasteiger partial charge in [-0.25, -0.2) is 4.39 Å². The monoisotopic (exact) mass is 486 g/mol. The van der Waals surface area contributed by atoms with E-state index >= 15 is 0 Å². The largest absolute Gasteiger partial charge is 0.496 e. The molecule has 0 spiro atoms. The van der Waals surface area contributed by atoms with Gasteiger partial charge in [0.05, 0.1) is 7.11 Å². The zero-order valence-corrected chi connectivity index (χ0v) is 18.4. The van der Waals surface area contributed by atoms with Gasteiger partial charge in [-0.05, 0) is 30.8 Å². The second-order valence-corrected chi connectivity index (χ2v) is 6.03. The molecule has 2 rings (SSSR count). The topological polar surface area (TPSA) is 48.9 Å². The minimum atomic E-state index is -0.206. The summed E-state index contributed by atoms with van der Waals surface area (Å²) in [6.07, 6.45) is 0. The summed E-state index contributed by atoms with van der Waals surface area (Å²) >= 11 is 0. The molecule has 0 aliphatic carbocycles. The highest BCUT2D eigenvalue weighted by atomic mass is 127. The van der Waals surface area contributed by atoms with Gasteiger partial charge in [0.1, 0.15) is 11.6 Å². The van der Waals surface area contributed by atoms with E-state index in [4.69, 9.17) is 4.74 Å². The Hall–Kier alpha value is -1.87. The number of likely N-dealkylation sites (N-methyl/N-ethyl adjacent to an activating group) is 1. The van der Waals surface area contributed by atoms with Crippen molar-refractivity contribution in [1.82, 2.24) is 15.5 Å². The van der Waals surface area contributed by atoms with E-state index in [0.717, 1.165) is 42.5 Å². The maximum atomic E-state index is 12.9. The van der Waals surface area contributed by atoms with Gasteiger partial charge in [0, 0.05) is 38.8 Å². The Balaban J connectivity index is 0.00000364. The number of aliphatic imine (C=N–C) groups is 1. The predicted octanol–water partition coefficient (Wildman–Crippen LogP) is 3.25. The minimum absolute atomic E-state index is 0. The van der Waals surface area contributed by atoms with Crippen LogP contribution in [-0.2, 0) is 13.1 Å². The predicted molar refractivity (Wildman–Crippen MR) is 119 cm³/mol. The molecule has 0 aliphatic rings. The molecule has 0 aromatic heterocycles. The lowest BCUT2D eigenvalue weighted by Crippen LogP contribution is -2.40. The summed E-state index contributed by atoms with van der Waals surface area (Å²) in [4.78, 5) is 6.42. The van der Waals surface area contributed by atoms with Crippen LogP contribution < -0.4 is 15.4 Å². The van der Waals surface area contributed by atoms with Crippen LogP contribution in [0.25, 0.3) is 0 Å². The average Bonchev–Trinajstić information content (AvgIpc) is 2.66. The molecule has 0 saturated carbocycles. The Kier molecular flexibility index (Phi) is 10.7. The smallest absolute Gasteiger partial charge is 0.191 e. The Labute approximate surface area is 178 Å². The molecular formula is C20H28FIN4O. The van der Waals surface area contributed by atoms with Crippen molar-refractivity contribution in [2.24, 2.45) is 4.99 Å². The first-order chi connectivity index (χ1) is 12.6. The van der Waals surface area contributed by atoms with Gasteiger partial charge in [0.15, 0.2) is 5.96 Å². The zero-order valence-electron chi connectivity index (χ0n) is 16.0. The third kappa shape index (κ3) is 8.13. The number of nitrogens with one attached hydrogen (secondary N) is 2. The molecule has 2 aromatic carbocycles. The maximum absolute atomic E-state index is 12.9. The van der Waals surface area contributed by atoms with E-state index in [1.165, 1.54) is 12.1 Å². The van der Waals surface area contributed by atoms with E-state index in [-0.39, 0.29) is 29.8 Å². The SMILES string of the molecule is CN=C(NCCN(C)Cc1ccc(F)cc1)NCc1ccccc1OC.I. The van der Waals surface area contributed by atoms with Crippen LogP contribution >= 0.6 is 24.0 Å². The molecule has 0 unspecified atom stereocenters. The van der Waals surface area contributed by atoms with Gasteiger partial charge in [0.2, 0.25) is 0 Å². The molecule has 0 aliphatic heterocycles. The summed E-state index contributed by atoms with van der Waals surface area (Å²) in [5.74, 6) is 1.39. The number of rotatable bonds is 8. The molecule has 0 heterocycles. The lowest BCUT2D eigenvalue weighted by molar-refractivity contribution is 0.331. The zero-order chi connectivity index (χ0) is 18.8. The number of hydrogen-bond acceptors (Lipinski definition) is 3.